The summed E-state index contributed by atoms with van der Waals surface area (Å²) in [5.74, 6) is 0.481. The van der Waals surface area contributed by atoms with E-state index in [1.807, 2.05) is 13.8 Å². The fraction of sp³-hybridized carbons (Fsp3) is 0.571. The Balaban J connectivity index is 2.06. The fourth-order valence-corrected chi connectivity index (χ4v) is 2.63. The summed E-state index contributed by atoms with van der Waals surface area (Å²) < 4.78 is 5.07. The summed E-state index contributed by atoms with van der Waals surface area (Å²) in [6.07, 6.45) is 0.457. The minimum Gasteiger partial charge on any atom is -0.504 e. The fourth-order valence-electron chi connectivity index (χ4n) is 2.40. The van der Waals surface area contributed by atoms with Crippen LogP contribution >= 0.6 is 11.6 Å². The van der Waals surface area contributed by atoms with Gasteiger partial charge in [0.25, 0.3) is 0 Å². The minimum absolute atomic E-state index is 0.108. The van der Waals surface area contributed by atoms with Gasteiger partial charge in [0, 0.05) is 34.7 Å². The van der Waals surface area contributed by atoms with Gasteiger partial charge in [0.05, 0.1) is 13.2 Å². The molecule has 1 aromatic carbocycles. The summed E-state index contributed by atoms with van der Waals surface area (Å²) in [7, 11) is 1.49. The normalized spacial score (nSPS) is 24.9. The molecule has 1 aromatic rings. The Morgan fingerprint density at radius 3 is 2.68 bits per heavy atom. The van der Waals surface area contributed by atoms with Gasteiger partial charge in [-0.3, -0.25) is 0 Å². The molecule has 106 valence electrons. The van der Waals surface area contributed by atoms with Crippen LogP contribution in [0.25, 0.3) is 0 Å². The molecule has 1 saturated carbocycles. The van der Waals surface area contributed by atoms with E-state index in [0.29, 0.717) is 22.9 Å². The van der Waals surface area contributed by atoms with Crippen LogP contribution < -0.4 is 10.1 Å². The van der Waals surface area contributed by atoms with Crippen LogP contribution in [0.2, 0.25) is 5.02 Å². The van der Waals surface area contributed by atoms with Crippen LogP contribution in [0.5, 0.6) is 11.5 Å². The Bertz CT molecular complexity index is 476. The third kappa shape index (κ3) is 2.66. The van der Waals surface area contributed by atoms with Crippen LogP contribution in [0.4, 0.5) is 0 Å². The molecule has 2 unspecified atom stereocenters. The van der Waals surface area contributed by atoms with Gasteiger partial charge in [0.2, 0.25) is 0 Å². The maximum Gasteiger partial charge on any atom is 0.162 e. The van der Waals surface area contributed by atoms with E-state index in [-0.39, 0.29) is 23.3 Å². The van der Waals surface area contributed by atoms with E-state index in [2.05, 4.69) is 5.32 Å². The summed E-state index contributed by atoms with van der Waals surface area (Å²) >= 11 is 5.98. The number of halogens is 1. The standard InChI is InChI=1S/C14H20ClNO3/c1-14(2)11(6-12(14)17)16-7-8-4-9(15)5-10(19-3)13(8)18/h4-5,11-12,16-18H,6-7H2,1-3H3. The van der Waals surface area contributed by atoms with Gasteiger partial charge in [-0.05, 0) is 12.5 Å². The van der Waals surface area contributed by atoms with Crippen molar-refractivity contribution in [1.29, 1.82) is 0 Å². The molecule has 0 saturated heterocycles. The highest BCUT2D eigenvalue weighted by molar-refractivity contribution is 6.30. The van der Waals surface area contributed by atoms with Gasteiger partial charge >= 0.3 is 0 Å². The molecule has 0 aliphatic heterocycles. The van der Waals surface area contributed by atoms with E-state index < -0.39 is 0 Å². The zero-order chi connectivity index (χ0) is 14.2. The molecule has 3 N–H and O–H groups in total. The molecular formula is C14H20ClNO3. The molecule has 1 fully saturated rings. The second-order valence-corrected chi connectivity index (χ2v) is 6.06. The highest BCUT2D eigenvalue weighted by Crippen LogP contribution is 2.41. The summed E-state index contributed by atoms with van der Waals surface area (Å²) in [6.45, 7) is 4.54. The first-order valence-electron chi connectivity index (χ1n) is 6.33. The number of phenols is 1. The van der Waals surface area contributed by atoms with Crippen molar-refractivity contribution in [2.75, 3.05) is 7.11 Å². The number of hydrogen-bond donors (Lipinski definition) is 3. The number of aliphatic hydroxyl groups excluding tert-OH is 1. The van der Waals surface area contributed by atoms with Gasteiger partial charge in [-0.25, -0.2) is 0 Å². The van der Waals surface area contributed by atoms with E-state index in [1.165, 1.54) is 7.11 Å². The number of hydrogen-bond acceptors (Lipinski definition) is 4. The number of aliphatic hydroxyl groups is 1. The number of methoxy groups -OCH3 is 1. The molecule has 4 nitrogen and oxygen atoms in total. The topological polar surface area (TPSA) is 61.7 Å². The van der Waals surface area contributed by atoms with Crippen molar-refractivity contribution in [3.63, 3.8) is 0 Å². The molecule has 0 heterocycles. The first-order valence-corrected chi connectivity index (χ1v) is 6.71. The van der Waals surface area contributed by atoms with Gasteiger partial charge in [-0.2, -0.15) is 0 Å². The monoisotopic (exact) mass is 285 g/mol. The van der Waals surface area contributed by atoms with Crippen molar-refractivity contribution in [2.45, 2.75) is 39.0 Å². The SMILES string of the molecule is COc1cc(Cl)cc(CNC2CC(O)C2(C)C)c1O. The molecule has 0 amide bonds. The van der Waals surface area contributed by atoms with Gasteiger partial charge in [-0.1, -0.05) is 25.4 Å². The van der Waals surface area contributed by atoms with Gasteiger partial charge in [0.1, 0.15) is 0 Å². The van der Waals surface area contributed by atoms with E-state index >= 15 is 0 Å². The number of phenolic OH excluding ortho intramolecular Hbond substituents is 1. The summed E-state index contributed by atoms with van der Waals surface area (Å²) in [5, 5.41) is 23.6. The lowest BCUT2D eigenvalue weighted by Crippen LogP contribution is -2.59. The molecule has 1 aliphatic rings. The molecule has 0 aromatic heterocycles. The largest absolute Gasteiger partial charge is 0.504 e. The second kappa shape index (κ2) is 5.19. The number of ether oxygens (including phenoxy) is 1. The molecule has 19 heavy (non-hydrogen) atoms. The lowest BCUT2D eigenvalue weighted by atomic mass is 9.64. The third-order valence-electron chi connectivity index (χ3n) is 4.09. The van der Waals surface area contributed by atoms with Crippen LogP contribution in [0.3, 0.4) is 0 Å². The van der Waals surface area contributed by atoms with Crippen LogP contribution in [-0.4, -0.2) is 29.5 Å². The Morgan fingerprint density at radius 2 is 2.16 bits per heavy atom. The average Bonchev–Trinajstić information content (AvgIpc) is 2.37. The van der Waals surface area contributed by atoms with Crippen molar-refractivity contribution in [3.05, 3.63) is 22.7 Å². The number of benzene rings is 1. The van der Waals surface area contributed by atoms with Crippen molar-refractivity contribution in [1.82, 2.24) is 5.32 Å². The van der Waals surface area contributed by atoms with Gasteiger partial charge in [0.15, 0.2) is 11.5 Å². The van der Waals surface area contributed by atoms with Crippen LogP contribution in [-0.2, 0) is 6.54 Å². The van der Waals surface area contributed by atoms with E-state index in [0.717, 1.165) is 6.42 Å². The van der Waals surface area contributed by atoms with Crippen molar-refractivity contribution < 1.29 is 14.9 Å². The minimum atomic E-state index is -0.271. The first-order chi connectivity index (χ1) is 8.86. The Labute approximate surface area is 118 Å². The van der Waals surface area contributed by atoms with Crippen molar-refractivity contribution in [3.8, 4) is 11.5 Å². The van der Waals surface area contributed by atoms with Crippen molar-refractivity contribution in [2.24, 2.45) is 5.41 Å². The van der Waals surface area contributed by atoms with Gasteiger partial charge < -0.3 is 20.3 Å². The maximum absolute atomic E-state index is 10.0. The highest BCUT2D eigenvalue weighted by atomic mass is 35.5. The second-order valence-electron chi connectivity index (χ2n) is 5.62. The van der Waals surface area contributed by atoms with Crippen LogP contribution in [0, 0.1) is 5.41 Å². The number of nitrogens with one attached hydrogen (secondary N) is 1. The third-order valence-corrected chi connectivity index (χ3v) is 4.31. The van der Waals surface area contributed by atoms with Gasteiger partial charge in [-0.15, -0.1) is 0 Å². The van der Waals surface area contributed by atoms with Crippen molar-refractivity contribution >= 4 is 11.6 Å². The van der Waals surface area contributed by atoms with E-state index in [1.54, 1.807) is 12.1 Å². The van der Waals surface area contributed by atoms with Crippen LogP contribution in [0.15, 0.2) is 12.1 Å². The lowest BCUT2D eigenvalue weighted by Gasteiger charge is -2.49. The molecule has 0 bridgehead atoms. The Morgan fingerprint density at radius 1 is 1.47 bits per heavy atom. The van der Waals surface area contributed by atoms with E-state index in [4.69, 9.17) is 16.3 Å². The zero-order valence-corrected chi connectivity index (χ0v) is 12.2. The quantitative estimate of drug-likeness (QED) is 0.794. The summed E-state index contributed by atoms with van der Waals surface area (Å²) in [5.41, 5.74) is 0.555. The summed E-state index contributed by atoms with van der Waals surface area (Å²) in [4.78, 5) is 0. The molecular weight excluding hydrogens is 266 g/mol. The predicted molar refractivity (Wildman–Crippen MR) is 74.7 cm³/mol. The number of rotatable bonds is 4. The summed E-state index contributed by atoms with van der Waals surface area (Å²) in [6, 6.07) is 3.53. The predicted octanol–water partition coefficient (Wildman–Crippen LogP) is 2.30. The van der Waals surface area contributed by atoms with Crippen LogP contribution in [0.1, 0.15) is 25.8 Å². The molecule has 2 atom stereocenters. The molecule has 5 heteroatoms. The highest BCUT2D eigenvalue weighted by Gasteiger charge is 2.46. The molecule has 0 spiro atoms. The smallest absolute Gasteiger partial charge is 0.162 e. The molecule has 1 aliphatic carbocycles. The van der Waals surface area contributed by atoms with E-state index in [9.17, 15) is 10.2 Å². The lowest BCUT2D eigenvalue weighted by molar-refractivity contribution is -0.0730. The first kappa shape index (κ1) is 14.4. The average molecular weight is 286 g/mol. The molecule has 2 rings (SSSR count). The zero-order valence-electron chi connectivity index (χ0n) is 11.4. The Hall–Kier alpha value is -0.970. The Kier molecular flexibility index (Phi) is 3.95. The maximum atomic E-state index is 10.0. The number of aromatic hydroxyl groups is 1. The molecule has 0 radical (unpaired) electrons.